The Balaban J connectivity index is 2.04. The molecular weight excluding hydrogens is 258 g/mol. The van der Waals surface area contributed by atoms with Crippen LogP contribution in [0.15, 0.2) is 36.5 Å². The maximum atomic E-state index is 12.6. The van der Waals surface area contributed by atoms with E-state index in [4.69, 9.17) is 0 Å². The normalized spacial score (nSPS) is 28.0. The van der Waals surface area contributed by atoms with E-state index < -0.39 is 0 Å². The van der Waals surface area contributed by atoms with Crippen LogP contribution in [0.1, 0.15) is 46.1 Å². The van der Waals surface area contributed by atoms with Crippen LogP contribution in [0, 0.1) is 23.7 Å². The summed E-state index contributed by atoms with van der Waals surface area (Å²) in [4.78, 5) is 12.6. The SMILES string of the molecule is Cc1ccc(N/C=C\C(=O)[C@@]2(C)CC[C@H](C)C2(C)C)cc1. The van der Waals surface area contributed by atoms with E-state index >= 15 is 0 Å². The van der Waals surface area contributed by atoms with E-state index in [0.29, 0.717) is 5.92 Å². The van der Waals surface area contributed by atoms with Gasteiger partial charge in [-0.1, -0.05) is 45.4 Å². The van der Waals surface area contributed by atoms with E-state index in [-0.39, 0.29) is 16.6 Å². The Morgan fingerprint density at radius 1 is 1.24 bits per heavy atom. The van der Waals surface area contributed by atoms with Gasteiger partial charge < -0.3 is 5.32 Å². The van der Waals surface area contributed by atoms with Crippen LogP contribution < -0.4 is 5.32 Å². The van der Waals surface area contributed by atoms with Crippen molar-refractivity contribution >= 4 is 11.5 Å². The lowest BCUT2D eigenvalue weighted by atomic mass is 9.64. The molecule has 0 unspecified atom stereocenters. The monoisotopic (exact) mass is 285 g/mol. The largest absolute Gasteiger partial charge is 0.362 e. The fourth-order valence-electron chi connectivity index (χ4n) is 3.22. The number of ketones is 1. The quantitative estimate of drug-likeness (QED) is 0.793. The second kappa shape index (κ2) is 5.67. The van der Waals surface area contributed by atoms with Crippen molar-refractivity contribution in [1.29, 1.82) is 0 Å². The van der Waals surface area contributed by atoms with Crippen LogP contribution >= 0.6 is 0 Å². The Morgan fingerprint density at radius 3 is 2.38 bits per heavy atom. The minimum atomic E-state index is -0.252. The first-order chi connectivity index (χ1) is 9.77. The molecule has 2 nitrogen and oxygen atoms in total. The maximum Gasteiger partial charge on any atom is 0.163 e. The average molecular weight is 285 g/mol. The molecule has 1 fully saturated rings. The van der Waals surface area contributed by atoms with Crippen molar-refractivity contribution in [2.24, 2.45) is 16.7 Å². The molecule has 1 aromatic rings. The fourth-order valence-corrected chi connectivity index (χ4v) is 3.22. The van der Waals surface area contributed by atoms with Gasteiger partial charge in [0.2, 0.25) is 0 Å². The van der Waals surface area contributed by atoms with Crippen molar-refractivity contribution < 1.29 is 4.79 Å². The van der Waals surface area contributed by atoms with Gasteiger partial charge in [-0.15, -0.1) is 0 Å². The van der Waals surface area contributed by atoms with Crippen molar-refractivity contribution in [2.45, 2.75) is 47.5 Å². The molecule has 2 heteroatoms. The van der Waals surface area contributed by atoms with Gasteiger partial charge in [-0.25, -0.2) is 0 Å². The second-order valence-corrected chi connectivity index (χ2v) is 7.20. The number of hydrogen-bond acceptors (Lipinski definition) is 2. The molecule has 0 aliphatic heterocycles. The zero-order valence-electron chi connectivity index (χ0n) is 13.9. The molecule has 1 aliphatic carbocycles. The number of anilines is 1. The van der Waals surface area contributed by atoms with Crippen LogP contribution in [-0.4, -0.2) is 5.78 Å². The number of nitrogens with one attached hydrogen (secondary N) is 1. The summed E-state index contributed by atoms with van der Waals surface area (Å²) in [5.74, 6) is 0.821. The molecule has 1 aromatic carbocycles. The number of carbonyl (C=O) groups excluding carboxylic acids is 1. The number of carbonyl (C=O) groups is 1. The molecule has 0 amide bonds. The highest BCUT2D eigenvalue weighted by Gasteiger charge is 2.52. The van der Waals surface area contributed by atoms with Crippen LogP contribution in [0.2, 0.25) is 0 Å². The van der Waals surface area contributed by atoms with Crippen LogP contribution in [0.5, 0.6) is 0 Å². The van der Waals surface area contributed by atoms with E-state index in [2.05, 4.69) is 52.1 Å². The van der Waals surface area contributed by atoms with Crippen molar-refractivity contribution in [1.82, 2.24) is 0 Å². The van der Waals surface area contributed by atoms with Crippen LogP contribution in [-0.2, 0) is 4.79 Å². The summed E-state index contributed by atoms with van der Waals surface area (Å²) in [7, 11) is 0. The van der Waals surface area contributed by atoms with Crippen molar-refractivity contribution in [3.63, 3.8) is 0 Å². The summed E-state index contributed by atoms with van der Waals surface area (Å²) in [6.07, 6.45) is 5.60. The number of rotatable bonds is 4. The van der Waals surface area contributed by atoms with Gasteiger partial charge in [-0.05, 0) is 49.3 Å². The maximum absolute atomic E-state index is 12.6. The highest BCUT2D eigenvalue weighted by molar-refractivity contribution is 5.95. The first-order valence-electron chi connectivity index (χ1n) is 7.81. The summed E-state index contributed by atoms with van der Waals surface area (Å²) in [6.45, 7) is 10.9. The van der Waals surface area contributed by atoms with Crippen LogP contribution in [0.4, 0.5) is 5.69 Å². The van der Waals surface area contributed by atoms with Crippen molar-refractivity contribution in [2.75, 3.05) is 5.32 Å². The van der Waals surface area contributed by atoms with E-state index in [1.807, 2.05) is 12.1 Å². The number of hydrogen-bond donors (Lipinski definition) is 1. The third kappa shape index (κ3) is 2.90. The molecule has 1 aliphatic rings. The predicted octanol–water partition coefficient (Wildman–Crippen LogP) is 4.95. The number of allylic oxidation sites excluding steroid dienone is 1. The lowest BCUT2D eigenvalue weighted by molar-refractivity contribution is -0.128. The smallest absolute Gasteiger partial charge is 0.163 e. The van der Waals surface area contributed by atoms with Gasteiger partial charge in [0.15, 0.2) is 5.78 Å². The molecule has 0 spiro atoms. The Hall–Kier alpha value is -1.57. The van der Waals surface area contributed by atoms with Gasteiger partial charge in [-0.3, -0.25) is 4.79 Å². The summed E-state index contributed by atoms with van der Waals surface area (Å²) in [6, 6.07) is 8.16. The molecule has 0 bridgehead atoms. The molecule has 1 N–H and O–H groups in total. The van der Waals surface area contributed by atoms with E-state index in [1.165, 1.54) is 5.56 Å². The van der Waals surface area contributed by atoms with Gasteiger partial charge in [0, 0.05) is 17.3 Å². The fraction of sp³-hybridized carbons (Fsp3) is 0.526. The minimum absolute atomic E-state index is 0.0539. The molecular formula is C19H27NO. The first kappa shape index (κ1) is 15.8. The molecule has 2 atom stereocenters. The average Bonchev–Trinajstić information content (AvgIpc) is 2.65. The van der Waals surface area contributed by atoms with Gasteiger partial charge in [0.25, 0.3) is 0 Å². The summed E-state index contributed by atoms with van der Waals surface area (Å²) >= 11 is 0. The van der Waals surface area contributed by atoms with Crippen molar-refractivity contribution in [3.05, 3.63) is 42.1 Å². The molecule has 114 valence electrons. The van der Waals surface area contributed by atoms with Crippen LogP contribution in [0.25, 0.3) is 0 Å². The van der Waals surface area contributed by atoms with Crippen molar-refractivity contribution in [3.8, 4) is 0 Å². The predicted molar refractivity (Wildman–Crippen MR) is 89.2 cm³/mol. The Labute approximate surface area is 128 Å². The Bertz CT molecular complexity index is 541. The minimum Gasteiger partial charge on any atom is -0.362 e. The third-order valence-electron chi connectivity index (χ3n) is 5.81. The summed E-state index contributed by atoms with van der Waals surface area (Å²) in [5.41, 5.74) is 2.04. The Morgan fingerprint density at radius 2 is 1.86 bits per heavy atom. The number of aryl methyl sites for hydroxylation is 1. The molecule has 0 radical (unpaired) electrons. The summed E-state index contributed by atoms with van der Waals surface area (Å²) < 4.78 is 0. The zero-order valence-corrected chi connectivity index (χ0v) is 13.9. The third-order valence-corrected chi connectivity index (χ3v) is 5.81. The second-order valence-electron chi connectivity index (χ2n) is 7.20. The first-order valence-corrected chi connectivity index (χ1v) is 7.81. The molecule has 1 saturated carbocycles. The Kier molecular flexibility index (Phi) is 4.27. The standard InChI is InChI=1S/C19H27NO/c1-14-6-8-16(9-7-14)20-13-11-17(21)19(5)12-10-15(2)18(19,3)4/h6-9,11,13,15,20H,10,12H2,1-5H3/b13-11-/t15-,19+/m0/s1. The van der Waals surface area contributed by atoms with Gasteiger partial charge in [-0.2, -0.15) is 0 Å². The lowest BCUT2D eigenvalue weighted by Crippen LogP contribution is -2.39. The van der Waals surface area contributed by atoms with E-state index in [9.17, 15) is 4.79 Å². The molecule has 21 heavy (non-hydrogen) atoms. The molecule has 0 saturated heterocycles. The highest BCUT2D eigenvalue weighted by atomic mass is 16.1. The van der Waals surface area contributed by atoms with Gasteiger partial charge in [0.05, 0.1) is 0 Å². The molecule has 0 heterocycles. The molecule has 2 rings (SSSR count). The van der Waals surface area contributed by atoms with Gasteiger partial charge in [0.1, 0.15) is 0 Å². The van der Waals surface area contributed by atoms with E-state index in [0.717, 1.165) is 18.5 Å². The molecule has 0 aromatic heterocycles. The highest BCUT2D eigenvalue weighted by Crippen LogP contribution is 2.56. The topological polar surface area (TPSA) is 29.1 Å². The lowest BCUT2D eigenvalue weighted by Gasteiger charge is -2.39. The van der Waals surface area contributed by atoms with Gasteiger partial charge >= 0.3 is 0 Å². The summed E-state index contributed by atoms with van der Waals surface area (Å²) in [5, 5.41) is 3.18. The zero-order chi connectivity index (χ0) is 15.7. The number of benzene rings is 1. The van der Waals surface area contributed by atoms with E-state index in [1.54, 1.807) is 12.3 Å². The van der Waals surface area contributed by atoms with Crippen LogP contribution in [0.3, 0.4) is 0 Å².